The molecule has 0 nitrogen and oxygen atoms in total. The fraction of sp³-hybridized carbons (Fsp3) is 0.846. The van der Waals surface area contributed by atoms with Gasteiger partial charge in [-0.25, -0.2) is 0 Å². The van der Waals surface area contributed by atoms with Crippen LogP contribution in [0, 0.1) is 13.3 Å². The summed E-state index contributed by atoms with van der Waals surface area (Å²) in [6.45, 7) is 6.11. The lowest BCUT2D eigenvalue weighted by atomic mass is 10.1. The van der Waals surface area contributed by atoms with Gasteiger partial charge in [-0.2, -0.15) is 0 Å². The Morgan fingerprint density at radius 1 is 0.846 bits per heavy atom. The number of hydrogen-bond donors (Lipinski definition) is 0. The van der Waals surface area contributed by atoms with Crippen LogP contribution in [0.1, 0.15) is 71.1 Å². The molecule has 2 radical (unpaired) electrons. The molecular formula is C13H26. The van der Waals surface area contributed by atoms with E-state index in [-0.39, 0.29) is 0 Å². The van der Waals surface area contributed by atoms with Crippen LogP contribution in [0.2, 0.25) is 0 Å². The molecule has 0 heterocycles. The highest BCUT2D eigenvalue weighted by Gasteiger charge is 1.91. The lowest BCUT2D eigenvalue weighted by Crippen LogP contribution is -1.81. The van der Waals surface area contributed by atoms with E-state index in [9.17, 15) is 0 Å². The Kier molecular flexibility index (Phi) is 12.0. The summed E-state index contributed by atoms with van der Waals surface area (Å²) in [5.74, 6) is 0. The van der Waals surface area contributed by atoms with Crippen molar-refractivity contribution >= 4 is 0 Å². The minimum absolute atomic E-state index is 1.11. The maximum absolute atomic E-state index is 3.85. The molecule has 0 N–H and O–H groups in total. The molecule has 0 unspecified atom stereocenters. The molecule has 0 spiro atoms. The van der Waals surface area contributed by atoms with Crippen molar-refractivity contribution in [3.63, 3.8) is 0 Å². The highest BCUT2D eigenvalue weighted by molar-refractivity contribution is 4.64. The van der Waals surface area contributed by atoms with Crippen LogP contribution < -0.4 is 0 Å². The standard InChI is InChI=1S/C13H26/c1-3-5-7-9-11-13-12-10-8-6-4-2/h12H,1,3-11,13H2,2H3. The molecule has 0 fully saturated rings. The maximum Gasteiger partial charge on any atom is -0.0386 e. The van der Waals surface area contributed by atoms with E-state index in [1.54, 1.807) is 0 Å². The Balaban J connectivity index is 2.76. The van der Waals surface area contributed by atoms with Crippen LogP contribution in [-0.2, 0) is 0 Å². The highest BCUT2D eigenvalue weighted by atomic mass is 14.0. The van der Waals surface area contributed by atoms with Gasteiger partial charge >= 0.3 is 0 Å². The number of rotatable bonds is 10. The SMILES string of the molecule is [CH2]CCCCCC[CH]CCCCC. The third-order valence-corrected chi connectivity index (χ3v) is 2.42. The van der Waals surface area contributed by atoms with E-state index in [2.05, 4.69) is 20.3 Å². The van der Waals surface area contributed by atoms with Crippen molar-refractivity contribution in [3.8, 4) is 0 Å². The quantitative estimate of drug-likeness (QED) is 0.419. The average Bonchev–Trinajstić information content (AvgIpc) is 2.16. The van der Waals surface area contributed by atoms with Crippen LogP contribution in [0.25, 0.3) is 0 Å². The van der Waals surface area contributed by atoms with Crippen LogP contribution in [-0.4, -0.2) is 0 Å². The Morgan fingerprint density at radius 2 is 1.46 bits per heavy atom. The third-order valence-electron chi connectivity index (χ3n) is 2.42. The topological polar surface area (TPSA) is 0 Å². The average molecular weight is 182 g/mol. The van der Waals surface area contributed by atoms with Crippen LogP contribution >= 0.6 is 0 Å². The van der Waals surface area contributed by atoms with Gasteiger partial charge in [0.2, 0.25) is 0 Å². The van der Waals surface area contributed by atoms with Gasteiger partial charge < -0.3 is 0 Å². The summed E-state index contributed by atoms with van der Waals surface area (Å²) < 4.78 is 0. The van der Waals surface area contributed by atoms with Gasteiger partial charge in [0.15, 0.2) is 0 Å². The molecule has 0 amide bonds. The molecule has 0 aromatic rings. The van der Waals surface area contributed by atoms with Gasteiger partial charge in [-0.15, -0.1) is 0 Å². The first-order valence-corrected chi connectivity index (χ1v) is 6.02. The van der Waals surface area contributed by atoms with Gasteiger partial charge in [-0.3, -0.25) is 0 Å². The molecule has 0 aliphatic heterocycles. The summed E-state index contributed by atoms with van der Waals surface area (Å²) in [5.41, 5.74) is 0. The van der Waals surface area contributed by atoms with Gasteiger partial charge in [-0.05, 0) is 6.42 Å². The van der Waals surface area contributed by atoms with Crippen molar-refractivity contribution in [3.05, 3.63) is 13.3 Å². The number of hydrogen-bond acceptors (Lipinski definition) is 0. The van der Waals surface area contributed by atoms with Gasteiger partial charge in [-0.1, -0.05) is 78.1 Å². The van der Waals surface area contributed by atoms with Gasteiger partial charge in [0.25, 0.3) is 0 Å². The van der Waals surface area contributed by atoms with Crippen molar-refractivity contribution in [2.45, 2.75) is 71.1 Å². The van der Waals surface area contributed by atoms with E-state index in [0.29, 0.717) is 0 Å². The molecule has 0 rings (SSSR count). The van der Waals surface area contributed by atoms with E-state index in [1.807, 2.05) is 0 Å². The van der Waals surface area contributed by atoms with E-state index in [0.717, 1.165) is 6.42 Å². The van der Waals surface area contributed by atoms with Gasteiger partial charge in [0.1, 0.15) is 0 Å². The van der Waals surface area contributed by atoms with Crippen molar-refractivity contribution in [1.82, 2.24) is 0 Å². The molecule has 0 aromatic heterocycles. The molecule has 0 aliphatic carbocycles. The molecular weight excluding hydrogens is 156 g/mol. The third kappa shape index (κ3) is 12.0. The molecule has 0 saturated heterocycles. The predicted octanol–water partition coefficient (Wildman–Crippen LogP) is 4.95. The molecule has 0 atom stereocenters. The monoisotopic (exact) mass is 182 g/mol. The van der Waals surface area contributed by atoms with Crippen molar-refractivity contribution in [1.29, 1.82) is 0 Å². The van der Waals surface area contributed by atoms with Crippen LogP contribution in [0.4, 0.5) is 0 Å². The second-order valence-electron chi connectivity index (χ2n) is 3.84. The van der Waals surface area contributed by atoms with Crippen LogP contribution in [0.5, 0.6) is 0 Å². The summed E-state index contributed by atoms with van der Waals surface area (Å²) in [7, 11) is 0. The summed E-state index contributed by atoms with van der Waals surface area (Å²) in [6, 6.07) is 0. The summed E-state index contributed by atoms with van der Waals surface area (Å²) in [4.78, 5) is 0. The summed E-state index contributed by atoms with van der Waals surface area (Å²) in [5, 5.41) is 0. The van der Waals surface area contributed by atoms with E-state index in [1.165, 1.54) is 57.8 Å². The first-order valence-electron chi connectivity index (χ1n) is 6.02. The molecule has 78 valence electrons. The van der Waals surface area contributed by atoms with Crippen molar-refractivity contribution in [2.24, 2.45) is 0 Å². The van der Waals surface area contributed by atoms with Gasteiger partial charge in [0.05, 0.1) is 0 Å². The zero-order valence-corrected chi connectivity index (χ0v) is 9.36. The Bertz CT molecular complexity index is 66.1. The Labute approximate surface area is 85.1 Å². The van der Waals surface area contributed by atoms with E-state index < -0.39 is 0 Å². The lowest BCUT2D eigenvalue weighted by molar-refractivity contribution is 0.621. The zero-order chi connectivity index (χ0) is 9.78. The smallest absolute Gasteiger partial charge is 0.0386 e. The van der Waals surface area contributed by atoms with E-state index >= 15 is 0 Å². The first kappa shape index (κ1) is 13.0. The molecule has 0 heteroatoms. The fourth-order valence-corrected chi connectivity index (χ4v) is 1.50. The second kappa shape index (κ2) is 12.0. The minimum atomic E-state index is 1.11. The molecule has 0 saturated carbocycles. The largest absolute Gasteiger partial charge is 0.0654 e. The number of unbranched alkanes of at least 4 members (excludes halogenated alkanes) is 10. The van der Waals surface area contributed by atoms with Crippen LogP contribution in [0.15, 0.2) is 0 Å². The highest BCUT2D eigenvalue weighted by Crippen LogP contribution is 2.09. The van der Waals surface area contributed by atoms with Crippen LogP contribution in [0.3, 0.4) is 0 Å². The summed E-state index contributed by atoms with van der Waals surface area (Å²) in [6.07, 6.45) is 15.9. The zero-order valence-electron chi connectivity index (χ0n) is 9.36. The normalized spacial score (nSPS) is 10.6. The molecule has 0 bridgehead atoms. The maximum atomic E-state index is 3.85. The molecule has 0 aliphatic rings. The van der Waals surface area contributed by atoms with Crippen molar-refractivity contribution in [2.75, 3.05) is 0 Å². The minimum Gasteiger partial charge on any atom is -0.0654 e. The fourth-order valence-electron chi connectivity index (χ4n) is 1.50. The second-order valence-corrected chi connectivity index (χ2v) is 3.84. The summed E-state index contributed by atoms with van der Waals surface area (Å²) >= 11 is 0. The predicted molar refractivity (Wildman–Crippen MR) is 61.5 cm³/mol. The Morgan fingerprint density at radius 3 is 2.08 bits per heavy atom. The van der Waals surface area contributed by atoms with Crippen molar-refractivity contribution < 1.29 is 0 Å². The van der Waals surface area contributed by atoms with Gasteiger partial charge in [0, 0.05) is 0 Å². The Hall–Kier alpha value is 0. The molecule has 0 aromatic carbocycles. The molecule has 13 heavy (non-hydrogen) atoms. The first-order chi connectivity index (χ1) is 6.41. The van der Waals surface area contributed by atoms with E-state index in [4.69, 9.17) is 0 Å². The lowest BCUT2D eigenvalue weighted by Gasteiger charge is -2.00.